The van der Waals surface area contributed by atoms with Gasteiger partial charge in [-0.3, -0.25) is 0 Å². The van der Waals surface area contributed by atoms with Gasteiger partial charge in [-0.15, -0.1) is 0 Å². The van der Waals surface area contributed by atoms with Crippen LogP contribution in [0.4, 0.5) is 0 Å². The van der Waals surface area contributed by atoms with Gasteiger partial charge in [0, 0.05) is 6.61 Å². The third kappa shape index (κ3) is 4.79. The van der Waals surface area contributed by atoms with Crippen LogP contribution in [0.25, 0.3) is 0 Å². The zero-order chi connectivity index (χ0) is 13.4. The summed E-state index contributed by atoms with van der Waals surface area (Å²) in [5.74, 6) is 0. The average Bonchev–Trinajstić information content (AvgIpc) is 2.38. The van der Waals surface area contributed by atoms with Crippen LogP contribution in [-0.4, -0.2) is 19.8 Å². The highest BCUT2D eigenvalue weighted by atomic mass is 16.5. The molecule has 0 saturated heterocycles. The molecule has 0 bridgehead atoms. The number of likely N-dealkylation sites (N-methyl/N-ethyl adjacent to an activating group) is 1. The molecule has 0 fully saturated rings. The Kier molecular flexibility index (Phi) is 6.99. The van der Waals surface area contributed by atoms with Gasteiger partial charge in [-0.05, 0) is 32.9 Å². The minimum atomic E-state index is 0.203. The van der Waals surface area contributed by atoms with Gasteiger partial charge in [0.15, 0.2) is 0 Å². The first-order chi connectivity index (χ1) is 8.69. The zero-order valence-corrected chi connectivity index (χ0v) is 12.2. The number of aryl methyl sites for hydroxylation is 1. The lowest BCUT2D eigenvalue weighted by Crippen LogP contribution is -2.29. The molecule has 0 radical (unpaired) electrons. The average molecular weight is 249 g/mol. The van der Waals surface area contributed by atoms with Crippen molar-refractivity contribution in [1.29, 1.82) is 0 Å². The van der Waals surface area contributed by atoms with Crippen LogP contribution < -0.4 is 5.32 Å². The molecule has 0 saturated carbocycles. The third-order valence-electron chi connectivity index (χ3n) is 3.35. The second-order valence-electron chi connectivity index (χ2n) is 4.96. The monoisotopic (exact) mass is 249 g/mol. The lowest BCUT2D eigenvalue weighted by atomic mass is 10.0. The van der Waals surface area contributed by atoms with Crippen LogP contribution in [0.1, 0.15) is 50.3 Å². The Labute approximate surface area is 112 Å². The summed E-state index contributed by atoms with van der Waals surface area (Å²) in [5, 5.41) is 3.35. The normalized spacial score (nSPS) is 14.4. The number of nitrogens with one attached hydrogen (secondary N) is 1. The molecule has 0 spiro atoms. The number of benzene rings is 1. The van der Waals surface area contributed by atoms with Crippen LogP contribution in [0.15, 0.2) is 24.3 Å². The fourth-order valence-corrected chi connectivity index (χ4v) is 2.16. The molecule has 2 atom stereocenters. The number of hydrogen-bond donors (Lipinski definition) is 1. The summed E-state index contributed by atoms with van der Waals surface area (Å²) in [6.45, 7) is 7.33. The van der Waals surface area contributed by atoms with Crippen molar-refractivity contribution < 1.29 is 4.74 Å². The van der Waals surface area contributed by atoms with Gasteiger partial charge in [0.25, 0.3) is 0 Å². The van der Waals surface area contributed by atoms with E-state index in [1.807, 2.05) is 7.05 Å². The molecule has 1 aromatic rings. The van der Waals surface area contributed by atoms with Crippen molar-refractivity contribution in [2.45, 2.75) is 52.2 Å². The van der Waals surface area contributed by atoms with Gasteiger partial charge in [-0.25, -0.2) is 0 Å². The van der Waals surface area contributed by atoms with Crippen molar-refractivity contribution in [3.63, 3.8) is 0 Å². The maximum Gasteiger partial charge on any atom is 0.0741 e. The van der Waals surface area contributed by atoms with Gasteiger partial charge >= 0.3 is 0 Å². The SMILES string of the molecule is CCCCCOC(C)C(NC)c1ccc(C)cc1. The predicted molar refractivity (Wildman–Crippen MR) is 77.9 cm³/mol. The van der Waals surface area contributed by atoms with Gasteiger partial charge in [-0.1, -0.05) is 49.6 Å². The molecule has 2 heteroatoms. The van der Waals surface area contributed by atoms with Crippen LogP contribution in [0.2, 0.25) is 0 Å². The van der Waals surface area contributed by atoms with E-state index in [1.165, 1.54) is 24.0 Å². The lowest BCUT2D eigenvalue weighted by molar-refractivity contribution is 0.0381. The molecule has 2 unspecified atom stereocenters. The Hall–Kier alpha value is -0.860. The predicted octanol–water partition coefficient (Wildman–Crippen LogP) is 3.85. The van der Waals surface area contributed by atoms with Crippen molar-refractivity contribution in [3.8, 4) is 0 Å². The molecule has 0 heterocycles. The van der Waals surface area contributed by atoms with E-state index in [9.17, 15) is 0 Å². The molecule has 102 valence electrons. The van der Waals surface area contributed by atoms with Crippen molar-refractivity contribution in [2.75, 3.05) is 13.7 Å². The number of hydrogen-bond acceptors (Lipinski definition) is 2. The molecule has 2 nitrogen and oxygen atoms in total. The summed E-state index contributed by atoms with van der Waals surface area (Å²) in [5.41, 5.74) is 2.59. The summed E-state index contributed by atoms with van der Waals surface area (Å²) in [7, 11) is 2.00. The Morgan fingerprint density at radius 2 is 1.83 bits per heavy atom. The molecular formula is C16H27NO. The van der Waals surface area contributed by atoms with E-state index >= 15 is 0 Å². The Bertz CT molecular complexity index is 320. The highest BCUT2D eigenvalue weighted by Crippen LogP contribution is 2.19. The number of ether oxygens (including phenoxy) is 1. The fourth-order valence-electron chi connectivity index (χ4n) is 2.16. The number of unbranched alkanes of at least 4 members (excludes halogenated alkanes) is 2. The largest absolute Gasteiger partial charge is 0.377 e. The van der Waals surface area contributed by atoms with Crippen LogP contribution in [0.5, 0.6) is 0 Å². The standard InChI is InChI=1S/C16H27NO/c1-5-6-7-12-18-14(3)16(17-4)15-10-8-13(2)9-11-15/h8-11,14,16-17H,5-7,12H2,1-4H3. The Morgan fingerprint density at radius 3 is 2.39 bits per heavy atom. The van der Waals surface area contributed by atoms with Crippen LogP contribution in [0, 0.1) is 6.92 Å². The van der Waals surface area contributed by atoms with E-state index in [4.69, 9.17) is 4.74 Å². The second-order valence-corrected chi connectivity index (χ2v) is 4.96. The van der Waals surface area contributed by atoms with Gasteiger partial charge < -0.3 is 10.1 Å². The van der Waals surface area contributed by atoms with Crippen molar-refractivity contribution >= 4 is 0 Å². The van der Waals surface area contributed by atoms with E-state index in [2.05, 4.69) is 50.4 Å². The van der Waals surface area contributed by atoms with Gasteiger partial charge in [-0.2, -0.15) is 0 Å². The molecule has 0 aromatic heterocycles. The molecule has 18 heavy (non-hydrogen) atoms. The summed E-state index contributed by atoms with van der Waals surface area (Å²) in [6, 6.07) is 8.95. The third-order valence-corrected chi connectivity index (χ3v) is 3.35. The summed E-state index contributed by atoms with van der Waals surface area (Å²) < 4.78 is 5.92. The molecule has 0 amide bonds. The summed E-state index contributed by atoms with van der Waals surface area (Å²) >= 11 is 0. The van der Waals surface area contributed by atoms with E-state index in [0.717, 1.165) is 13.0 Å². The molecule has 0 aliphatic carbocycles. The van der Waals surface area contributed by atoms with Crippen LogP contribution in [-0.2, 0) is 4.74 Å². The lowest BCUT2D eigenvalue weighted by Gasteiger charge is -2.24. The summed E-state index contributed by atoms with van der Waals surface area (Å²) in [6.07, 6.45) is 3.85. The molecule has 1 N–H and O–H groups in total. The van der Waals surface area contributed by atoms with Gasteiger partial charge in [0.05, 0.1) is 12.1 Å². The van der Waals surface area contributed by atoms with E-state index in [1.54, 1.807) is 0 Å². The fraction of sp³-hybridized carbons (Fsp3) is 0.625. The van der Waals surface area contributed by atoms with Crippen molar-refractivity contribution in [3.05, 3.63) is 35.4 Å². The zero-order valence-electron chi connectivity index (χ0n) is 12.2. The molecule has 0 aliphatic rings. The van der Waals surface area contributed by atoms with E-state index in [-0.39, 0.29) is 12.1 Å². The minimum Gasteiger partial charge on any atom is -0.377 e. The quantitative estimate of drug-likeness (QED) is 0.707. The Morgan fingerprint density at radius 1 is 1.17 bits per heavy atom. The van der Waals surface area contributed by atoms with Crippen molar-refractivity contribution in [2.24, 2.45) is 0 Å². The van der Waals surface area contributed by atoms with Gasteiger partial charge in [0.2, 0.25) is 0 Å². The molecule has 1 aromatic carbocycles. The highest BCUT2D eigenvalue weighted by Gasteiger charge is 2.17. The first kappa shape index (κ1) is 15.2. The van der Waals surface area contributed by atoms with E-state index in [0.29, 0.717) is 0 Å². The first-order valence-corrected chi connectivity index (χ1v) is 7.04. The Balaban J connectivity index is 2.51. The maximum absolute atomic E-state index is 5.92. The van der Waals surface area contributed by atoms with Crippen LogP contribution >= 0.6 is 0 Å². The second kappa shape index (κ2) is 8.28. The first-order valence-electron chi connectivity index (χ1n) is 7.04. The molecule has 1 rings (SSSR count). The minimum absolute atomic E-state index is 0.203. The highest BCUT2D eigenvalue weighted by molar-refractivity contribution is 5.24. The van der Waals surface area contributed by atoms with Crippen LogP contribution in [0.3, 0.4) is 0 Å². The summed E-state index contributed by atoms with van der Waals surface area (Å²) in [4.78, 5) is 0. The van der Waals surface area contributed by atoms with Crippen molar-refractivity contribution in [1.82, 2.24) is 5.32 Å². The molecule has 0 aliphatic heterocycles. The van der Waals surface area contributed by atoms with Gasteiger partial charge in [0.1, 0.15) is 0 Å². The van der Waals surface area contributed by atoms with E-state index < -0.39 is 0 Å². The topological polar surface area (TPSA) is 21.3 Å². The molecular weight excluding hydrogens is 222 g/mol. The number of rotatable bonds is 8. The smallest absolute Gasteiger partial charge is 0.0741 e. The maximum atomic E-state index is 5.92.